The molecule has 0 radical (unpaired) electrons. The Morgan fingerprint density at radius 3 is 2.08 bits per heavy atom. The molecular weight excluding hydrogens is 316 g/mol. The number of aliphatic hydroxyl groups excluding tert-OH is 1. The maximum atomic E-state index is 11.7. The van der Waals surface area contributed by atoms with Crippen LogP contribution in [-0.2, 0) is 4.79 Å². The van der Waals surface area contributed by atoms with Gasteiger partial charge >= 0.3 is 0 Å². The molecule has 1 aliphatic heterocycles. The molecule has 0 bridgehead atoms. The van der Waals surface area contributed by atoms with E-state index in [-0.39, 0.29) is 10.9 Å². The monoisotopic (exact) mass is 348 g/mol. The summed E-state index contributed by atoms with van der Waals surface area (Å²) in [5.41, 5.74) is 4.64. The summed E-state index contributed by atoms with van der Waals surface area (Å²) in [6.07, 6.45) is 11.8. The largest absolute Gasteiger partial charge is 0.510 e. The van der Waals surface area contributed by atoms with Gasteiger partial charge in [0.1, 0.15) is 5.76 Å². The van der Waals surface area contributed by atoms with Gasteiger partial charge in [-0.1, -0.05) is 46.7 Å². The zero-order valence-corrected chi connectivity index (χ0v) is 16.8. The van der Waals surface area contributed by atoms with Gasteiger partial charge in [0.05, 0.1) is 4.75 Å². The molecule has 2 nitrogen and oxygen atoms in total. The van der Waals surface area contributed by atoms with E-state index in [0.29, 0.717) is 12.0 Å². The predicted molar refractivity (Wildman–Crippen MR) is 106 cm³/mol. The summed E-state index contributed by atoms with van der Waals surface area (Å²) in [4.78, 5) is 11.7. The van der Waals surface area contributed by atoms with E-state index in [2.05, 4.69) is 45.9 Å². The molecule has 134 valence electrons. The Hall–Kier alpha value is -1.22. The first-order valence-corrected chi connectivity index (χ1v) is 9.55. The number of carbonyl (C=O) groups is 1. The van der Waals surface area contributed by atoms with Gasteiger partial charge in [0, 0.05) is 5.57 Å². The van der Waals surface area contributed by atoms with Crippen LogP contribution in [0.5, 0.6) is 0 Å². The first kappa shape index (κ1) is 20.8. The molecule has 0 amide bonds. The van der Waals surface area contributed by atoms with Crippen LogP contribution in [0.2, 0.25) is 0 Å². The number of hydrogen-bond acceptors (Lipinski definition) is 3. The van der Waals surface area contributed by atoms with Crippen molar-refractivity contribution in [1.29, 1.82) is 0 Å². The highest BCUT2D eigenvalue weighted by Crippen LogP contribution is 2.44. The quantitative estimate of drug-likeness (QED) is 0.498. The first-order chi connectivity index (χ1) is 11.2. The Labute approximate surface area is 151 Å². The van der Waals surface area contributed by atoms with Crippen LogP contribution in [0.1, 0.15) is 73.6 Å². The van der Waals surface area contributed by atoms with Crippen LogP contribution in [0, 0.1) is 0 Å². The molecule has 0 saturated heterocycles. The lowest BCUT2D eigenvalue weighted by molar-refractivity contribution is -0.107. The molecule has 0 saturated carbocycles. The smallest absolute Gasteiger partial charge is 0.219 e. The van der Waals surface area contributed by atoms with E-state index >= 15 is 0 Å². The van der Waals surface area contributed by atoms with Gasteiger partial charge in [-0.05, 0) is 73.6 Å². The Morgan fingerprint density at radius 1 is 1.04 bits per heavy atom. The third-order valence-electron chi connectivity index (χ3n) is 4.44. The molecule has 0 aromatic heterocycles. The van der Waals surface area contributed by atoms with E-state index in [9.17, 15) is 9.90 Å². The molecule has 1 N–H and O–H groups in total. The van der Waals surface area contributed by atoms with Crippen LogP contribution in [0.3, 0.4) is 0 Å². The van der Waals surface area contributed by atoms with Crippen molar-refractivity contribution in [2.75, 3.05) is 0 Å². The zero-order chi connectivity index (χ0) is 18.3. The minimum Gasteiger partial charge on any atom is -0.510 e. The van der Waals surface area contributed by atoms with Gasteiger partial charge in [0.2, 0.25) is 5.12 Å². The van der Waals surface area contributed by atoms with Crippen molar-refractivity contribution in [1.82, 2.24) is 0 Å². The zero-order valence-electron chi connectivity index (χ0n) is 16.0. The van der Waals surface area contributed by atoms with Gasteiger partial charge in [0.25, 0.3) is 0 Å². The van der Waals surface area contributed by atoms with Crippen LogP contribution in [0.15, 0.2) is 46.3 Å². The highest BCUT2D eigenvalue weighted by atomic mass is 32.2. The second kappa shape index (κ2) is 9.31. The standard InChI is InChI=1S/C21H32O2S/c1-15(2)9-7-10-16(3)11-8-12-17(4)13-14-21(6)19(22)18(5)20(23)24-21/h9,11,13,22H,7-8,10,12,14H2,1-6H3/b16-11+,17-13+/t21-/m1/s1. The lowest BCUT2D eigenvalue weighted by Gasteiger charge is -2.20. The highest BCUT2D eigenvalue weighted by molar-refractivity contribution is 8.15. The van der Waals surface area contributed by atoms with E-state index in [1.165, 1.54) is 28.5 Å². The molecule has 0 aromatic carbocycles. The maximum Gasteiger partial charge on any atom is 0.219 e. The third-order valence-corrected chi connectivity index (χ3v) is 5.75. The second-order valence-corrected chi connectivity index (χ2v) is 8.73. The average molecular weight is 349 g/mol. The molecule has 0 fully saturated rings. The lowest BCUT2D eigenvalue weighted by atomic mass is 9.99. The second-order valence-electron chi connectivity index (χ2n) is 7.26. The van der Waals surface area contributed by atoms with E-state index in [1.54, 1.807) is 6.92 Å². The Morgan fingerprint density at radius 2 is 1.58 bits per heavy atom. The molecular formula is C21H32O2S. The van der Waals surface area contributed by atoms with Gasteiger partial charge in [-0.2, -0.15) is 0 Å². The van der Waals surface area contributed by atoms with Gasteiger partial charge in [-0.3, -0.25) is 4.79 Å². The summed E-state index contributed by atoms with van der Waals surface area (Å²) in [6.45, 7) is 12.3. The summed E-state index contributed by atoms with van der Waals surface area (Å²) < 4.78 is -0.488. The van der Waals surface area contributed by atoms with Gasteiger partial charge in [-0.15, -0.1) is 0 Å². The van der Waals surface area contributed by atoms with Crippen molar-refractivity contribution in [2.24, 2.45) is 0 Å². The number of carbonyl (C=O) groups excluding carboxylic acids is 1. The Kier molecular flexibility index (Phi) is 8.08. The number of aliphatic hydroxyl groups is 1. The fourth-order valence-corrected chi connectivity index (χ4v) is 3.74. The van der Waals surface area contributed by atoms with Gasteiger partial charge in [0.15, 0.2) is 0 Å². The maximum absolute atomic E-state index is 11.7. The number of thioether (sulfide) groups is 1. The molecule has 1 atom stereocenters. The summed E-state index contributed by atoms with van der Waals surface area (Å²) in [7, 11) is 0. The van der Waals surface area contributed by atoms with Crippen molar-refractivity contribution in [3.63, 3.8) is 0 Å². The van der Waals surface area contributed by atoms with Crippen LogP contribution in [-0.4, -0.2) is 15.0 Å². The van der Waals surface area contributed by atoms with E-state index < -0.39 is 4.75 Å². The Bertz CT molecular complexity index is 589. The van der Waals surface area contributed by atoms with Crippen molar-refractivity contribution in [3.05, 3.63) is 46.3 Å². The SMILES string of the molecule is CC(C)=CCC/C(C)=C/CC/C(C)=C/C[C@@]1(C)SC(=O)C(C)=C1O. The molecule has 0 unspecified atom stereocenters. The van der Waals surface area contributed by atoms with Gasteiger partial charge in [-0.25, -0.2) is 0 Å². The van der Waals surface area contributed by atoms with Gasteiger partial charge < -0.3 is 5.11 Å². The summed E-state index contributed by atoms with van der Waals surface area (Å²) >= 11 is 1.24. The van der Waals surface area contributed by atoms with Crippen LogP contribution < -0.4 is 0 Å². The molecule has 0 spiro atoms. The molecule has 3 heteroatoms. The summed E-state index contributed by atoms with van der Waals surface area (Å²) in [6, 6.07) is 0. The molecule has 24 heavy (non-hydrogen) atoms. The average Bonchev–Trinajstić information content (AvgIpc) is 2.69. The highest BCUT2D eigenvalue weighted by Gasteiger charge is 2.40. The van der Waals surface area contributed by atoms with E-state index in [0.717, 1.165) is 25.7 Å². The van der Waals surface area contributed by atoms with Crippen LogP contribution >= 0.6 is 11.8 Å². The van der Waals surface area contributed by atoms with Crippen LogP contribution in [0.4, 0.5) is 0 Å². The topological polar surface area (TPSA) is 37.3 Å². The summed E-state index contributed by atoms with van der Waals surface area (Å²) in [5, 5.41) is 10.2. The third kappa shape index (κ3) is 6.35. The minimum absolute atomic E-state index is 0.00373. The van der Waals surface area contributed by atoms with Crippen molar-refractivity contribution in [2.45, 2.75) is 78.4 Å². The van der Waals surface area contributed by atoms with E-state index in [4.69, 9.17) is 0 Å². The molecule has 1 heterocycles. The number of rotatable bonds is 8. The molecule has 1 aliphatic rings. The van der Waals surface area contributed by atoms with Crippen molar-refractivity contribution < 1.29 is 9.90 Å². The lowest BCUT2D eigenvalue weighted by Crippen LogP contribution is -2.19. The van der Waals surface area contributed by atoms with Crippen LogP contribution in [0.25, 0.3) is 0 Å². The predicted octanol–water partition coefficient (Wildman–Crippen LogP) is 6.66. The summed E-state index contributed by atoms with van der Waals surface area (Å²) in [5.74, 6) is 0.247. The normalized spacial score (nSPS) is 22.3. The fourth-order valence-electron chi connectivity index (χ4n) is 2.67. The molecule has 0 aromatic rings. The number of allylic oxidation sites excluding steroid dienone is 6. The molecule has 0 aliphatic carbocycles. The van der Waals surface area contributed by atoms with Crippen molar-refractivity contribution in [3.8, 4) is 0 Å². The molecule has 1 rings (SSSR count). The van der Waals surface area contributed by atoms with E-state index in [1.807, 2.05) is 6.92 Å². The van der Waals surface area contributed by atoms with Crippen molar-refractivity contribution >= 4 is 16.9 Å². The fraction of sp³-hybridized carbons (Fsp3) is 0.571. The first-order valence-electron chi connectivity index (χ1n) is 8.74. The Balaban J connectivity index is 2.46. The number of hydrogen-bond donors (Lipinski definition) is 1. The minimum atomic E-state index is -0.488.